The Kier molecular flexibility index (Phi) is 11.8. The lowest BCUT2D eigenvalue weighted by molar-refractivity contribution is -0.192. The lowest BCUT2D eigenvalue weighted by atomic mass is 10.0. The number of ether oxygens (including phenoxy) is 1. The highest BCUT2D eigenvalue weighted by Crippen LogP contribution is 2.45. The molecule has 2 aliphatic carbocycles. The van der Waals surface area contributed by atoms with Gasteiger partial charge in [0.25, 0.3) is 5.91 Å². The smallest absolute Gasteiger partial charge is 0.475 e. The molecule has 0 radical (unpaired) electrons. The normalized spacial score (nSPS) is 26.4. The molecule has 1 aromatic carbocycles. The van der Waals surface area contributed by atoms with Gasteiger partial charge in [-0.15, -0.1) is 17.9 Å². The number of nitrogens with one attached hydrogen (secondary N) is 3. The number of halogens is 3. The Hall–Kier alpha value is -4.98. The van der Waals surface area contributed by atoms with Crippen molar-refractivity contribution in [2.75, 3.05) is 11.9 Å². The number of thiazole rings is 1. The third-order valence-corrected chi connectivity index (χ3v) is 13.1. The van der Waals surface area contributed by atoms with Crippen molar-refractivity contribution in [3.8, 4) is 0 Å². The van der Waals surface area contributed by atoms with Crippen LogP contribution in [0.15, 0.2) is 42.3 Å². The van der Waals surface area contributed by atoms with Crippen LogP contribution in [-0.4, -0.2) is 99.8 Å². The quantitative estimate of drug-likeness (QED) is 0.294. The van der Waals surface area contributed by atoms with E-state index in [9.17, 15) is 40.8 Å². The molecule has 2 saturated carbocycles. The highest BCUT2D eigenvalue weighted by molar-refractivity contribution is 7.91. The molecule has 1 saturated heterocycles. The van der Waals surface area contributed by atoms with Gasteiger partial charge in [-0.2, -0.15) is 13.2 Å². The fraction of sp³-hybridized carbons (Fsp3) is 0.514. The van der Waals surface area contributed by atoms with Crippen molar-refractivity contribution in [2.24, 2.45) is 11.8 Å². The number of carbonyl (C=O) groups excluding carboxylic acids is 4. The average Bonchev–Trinajstić information content (AvgIpc) is 3.96. The van der Waals surface area contributed by atoms with Crippen LogP contribution >= 0.6 is 11.3 Å². The van der Waals surface area contributed by atoms with Crippen LogP contribution in [0.3, 0.4) is 0 Å². The van der Waals surface area contributed by atoms with Crippen LogP contribution in [0.25, 0.3) is 6.08 Å². The predicted octanol–water partition coefficient (Wildman–Crippen LogP) is 3.96. The van der Waals surface area contributed by atoms with Gasteiger partial charge in [0.1, 0.15) is 23.7 Å². The van der Waals surface area contributed by atoms with Crippen molar-refractivity contribution < 1.29 is 55.4 Å². The van der Waals surface area contributed by atoms with Gasteiger partial charge in [-0.1, -0.05) is 44.2 Å². The number of carboxylic acid groups (broad SMARTS) is 1. The standard InChI is InChI=1S/C35H42N6O7S2.C2HF3O2/c1-4-24-15-35(24,32(44)39-50(46,47)27-11-12-27)38-30(42)28-14-26-18-41(28)31(43)29(20(2)3)37-33-36-25(19-49-33)8-6-5-7-21-9-10-22-16-40(34(45)48-26)17-23(22)13-21;3-2(4,5)1(6)7/h4-5,7,9-10,13,19-20,24,26-29H,1,6,8,11-12,14-18H2,2-3H3,(H,36,37)(H,38,42)(H,39,44);(H,6,7)/b7-5+;/t24-,26?,28+,29+,35-;/m1./s1. The van der Waals surface area contributed by atoms with Crippen LogP contribution in [0.5, 0.6) is 0 Å². The zero-order valence-electron chi connectivity index (χ0n) is 31.1. The first-order valence-corrected chi connectivity index (χ1v) is 20.8. The monoisotopic (exact) mass is 836 g/mol. The number of sulfonamides is 1. The summed E-state index contributed by atoms with van der Waals surface area (Å²) in [7, 11) is -3.87. The minimum absolute atomic E-state index is 0.00207. The SMILES string of the molecule is C=C[C@@H]1C[C@]1(NC(=O)[C@@H]1CC2CN1C(=O)[C@H](C(C)C)Nc1nc(cs1)CC/C=C/c1ccc3c(c1)CN(C3)C(=O)O2)C(=O)NS(=O)(=O)C1CC1.O=C(O)C(F)(F)F. The number of nitrogens with zero attached hydrogens (tertiary/aromatic N) is 3. The fourth-order valence-corrected chi connectivity index (χ4v) is 9.17. The molecular weight excluding hydrogens is 794 g/mol. The number of fused-ring (bicyclic) bond motifs is 6. The molecule has 4 N–H and O–H groups in total. The van der Waals surface area contributed by atoms with Crippen LogP contribution in [0.4, 0.5) is 23.1 Å². The van der Waals surface area contributed by atoms with Crippen LogP contribution in [0.2, 0.25) is 0 Å². The summed E-state index contributed by atoms with van der Waals surface area (Å²) in [4.78, 5) is 72.0. The van der Waals surface area contributed by atoms with E-state index in [1.165, 1.54) is 22.3 Å². The van der Waals surface area contributed by atoms with Crippen LogP contribution in [-0.2, 0) is 53.4 Å². The Morgan fingerprint density at radius 1 is 1.18 bits per heavy atom. The van der Waals surface area contributed by atoms with Crippen LogP contribution < -0.4 is 15.4 Å². The molecule has 1 aromatic heterocycles. The number of hydrogen-bond acceptors (Lipinski definition) is 11. The van der Waals surface area contributed by atoms with E-state index < -0.39 is 75.0 Å². The second-order valence-electron chi connectivity index (χ2n) is 15.1. The molecule has 308 valence electrons. The highest BCUT2D eigenvalue weighted by Gasteiger charge is 2.62. The Morgan fingerprint density at radius 2 is 1.88 bits per heavy atom. The van der Waals surface area contributed by atoms with Gasteiger partial charge in [0, 0.05) is 30.8 Å². The molecule has 1 unspecified atom stereocenters. The number of allylic oxidation sites excluding steroid dienone is 1. The second kappa shape index (κ2) is 16.1. The first-order chi connectivity index (χ1) is 26.8. The summed E-state index contributed by atoms with van der Waals surface area (Å²) in [6.45, 7) is 8.28. The largest absolute Gasteiger partial charge is 0.490 e. The van der Waals surface area contributed by atoms with Crippen molar-refractivity contribution in [1.82, 2.24) is 24.8 Å². The Labute approximate surface area is 330 Å². The summed E-state index contributed by atoms with van der Waals surface area (Å²) in [5, 5.41) is 15.1. The number of aromatic nitrogens is 1. The number of carboxylic acids is 1. The summed E-state index contributed by atoms with van der Waals surface area (Å²) in [6, 6.07) is 4.26. The molecule has 20 heteroatoms. The van der Waals surface area contributed by atoms with Gasteiger partial charge >= 0.3 is 18.2 Å². The molecule has 15 nitrogen and oxygen atoms in total. The Bertz CT molecular complexity index is 2090. The lowest BCUT2D eigenvalue weighted by Gasteiger charge is -2.31. The van der Waals surface area contributed by atoms with Gasteiger partial charge in [-0.3, -0.25) is 24.0 Å². The van der Waals surface area contributed by atoms with E-state index in [4.69, 9.17) is 19.6 Å². The van der Waals surface area contributed by atoms with Crippen molar-refractivity contribution in [1.29, 1.82) is 0 Å². The van der Waals surface area contributed by atoms with Gasteiger partial charge in [0.15, 0.2) is 5.13 Å². The maximum Gasteiger partial charge on any atom is 0.490 e. The minimum Gasteiger partial charge on any atom is -0.475 e. The van der Waals surface area contributed by atoms with Gasteiger partial charge < -0.3 is 25.4 Å². The molecule has 4 heterocycles. The number of amides is 4. The maximum atomic E-state index is 14.4. The third-order valence-electron chi connectivity index (χ3n) is 10.5. The van der Waals surface area contributed by atoms with E-state index in [0.29, 0.717) is 31.1 Å². The van der Waals surface area contributed by atoms with E-state index in [2.05, 4.69) is 40.2 Å². The summed E-state index contributed by atoms with van der Waals surface area (Å²) >= 11 is 1.40. The molecule has 57 heavy (non-hydrogen) atoms. The van der Waals surface area contributed by atoms with Gasteiger partial charge in [0.05, 0.1) is 17.5 Å². The van der Waals surface area contributed by atoms with Crippen molar-refractivity contribution in [3.63, 3.8) is 0 Å². The lowest BCUT2D eigenvalue weighted by Crippen LogP contribution is -2.58. The molecule has 7 rings (SSSR count). The van der Waals surface area contributed by atoms with E-state index >= 15 is 0 Å². The number of alkyl halides is 3. The number of anilines is 1. The predicted molar refractivity (Wildman–Crippen MR) is 201 cm³/mol. The summed E-state index contributed by atoms with van der Waals surface area (Å²) in [5.41, 5.74) is 2.48. The van der Waals surface area contributed by atoms with E-state index in [1.807, 2.05) is 31.4 Å². The maximum absolute atomic E-state index is 14.4. The minimum atomic E-state index is -5.08. The molecule has 5 aliphatic rings. The zero-order chi connectivity index (χ0) is 41.4. The zero-order valence-corrected chi connectivity index (χ0v) is 32.7. The summed E-state index contributed by atoms with van der Waals surface area (Å²) < 4.78 is 65.1. The number of carbonyl (C=O) groups is 5. The Morgan fingerprint density at radius 3 is 2.51 bits per heavy atom. The molecule has 2 aromatic rings. The molecule has 5 atom stereocenters. The molecule has 4 amide bonds. The topological polar surface area (TPSA) is 204 Å². The number of benzene rings is 1. The van der Waals surface area contributed by atoms with Crippen LogP contribution in [0, 0.1) is 11.8 Å². The first kappa shape index (κ1) is 41.6. The number of aryl methyl sites for hydroxylation is 1. The molecule has 3 fully saturated rings. The number of aliphatic carboxylic acids is 1. The van der Waals surface area contributed by atoms with Gasteiger partial charge in [0.2, 0.25) is 21.8 Å². The molecule has 7 bridgehead atoms. The molecule has 3 aliphatic heterocycles. The van der Waals surface area contributed by atoms with E-state index in [-0.39, 0.29) is 31.2 Å². The van der Waals surface area contributed by atoms with Gasteiger partial charge in [-0.25, -0.2) is 23.0 Å². The van der Waals surface area contributed by atoms with E-state index in [0.717, 1.165) is 35.2 Å². The van der Waals surface area contributed by atoms with Crippen molar-refractivity contribution in [3.05, 3.63) is 64.7 Å². The van der Waals surface area contributed by atoms with Crippen LogP contribution in [0.1, 0.15) is 68.3 Å². The third kappa shape index (κ3) is 9.43. The average molecular weight is 837 g/mol. The number of hydrogen-bond donors (Lipinski definition) is 4. The summed E-state index contributed by atoms with van der Waals surface area (Å²) in [5.74, 6) is -5.28. The second-order valence-corrected chi connectivity index (χ2v) is 17.9. The summed E-state index contributed by atoms with van der Waals surface area (Å²) in [6.07, 6.45) is 1.86. The highest BCUT2D eigenvalue weighted by atomic mass is 32.2. The van der Waals surface area contributed by atoms with E-state index in [1.54, 1.807) is 4.90 Å². The van der Waals surface area contributed by atoms with Crippen molar-refractivity contribution in [2.45, 2.75) is 101 Å². The fourth-order valence-electron chi connectivity index (χ4n) is 7.02. The number of rotatable bonds is 7. The first-order valence-electron chi connectivity index (χ1n) is 18.4. The Balaban J connectivity index is 0.000000719. The van der Waals surface area contributed by atoms with Crippen molar-refractivity contribution >= 4 is 62.4 Å². The molecular formula is C37H43F3N6O9S2. The van der Waals surface area contributed by atoms with Gasteiger partial charge in [-0.05, 0) is 60.8 Å². The molecule has 0 spiro atoms.